The number of urea groups is 2. The first-order valence-electron chi connectivity index (χ1n) is 4.78. The number of hydrogen-bond donors (Lipinski definition) is 1. The van der Waals surface area contributed by atoms with Gasteiger partial charge < -0.3 is 10.5 Å². The Hall–Kier alpha value is -2.18. The molecule has 1 aliphatic heterocycles. The van der Waals surface area contributed by atoms with Crippen LogP contribution in [0.3, 0.4) is 0 Å². The minimum atomic E-state index is -1.19. The second-order valence-corrected chi connectivity index (χ2v) is 4.37. The molecule has 17 heavy (non-hydrogen) atoms. The highest BCUT2D eigenvalue weighted by atomic mass is 16.5. The highest BCUT2D eigenvalue weighted by Gasteiger charge is 2.37. The Kier molecular flexibility index (Phi) is 3.03. The number of carbonyl (C=O) groups is 3. The first kappa shape index (κ1) is 12.9. The predicted octanol–water partition coefficient (Wildman–Crippen LogP) is 0.797. The number of imide groups is 3. The number of nitrogens with two attached hydrogens (primary N) is 1. The number of carbonyl (C=O) groups excluding carboxylic acids is 3. The second-order valence-electron chi connectivity index (χ2n) is 4.37. The standard InChI is InChI=1S/C10H13N3O4/c1-5-6(17-10(2,3)4)12-9(16)13(7(5)14)8(11)15/h1H2,2-4H3,(H2,11,15). The molecule has 92 valence electrons. The summed E-state index contributed by atoms with van der Waals surface area (Å²) in [5, 5.41) is 0. The van der Waals surface area contributed by atoms with E-state index in [1.54, 1.807) is 20.8 Å². The molecular weight excluding hydrogens is 226 g/mol. The number of primary amides is 1. The maximum atomic E-state index is 11.6. The molecule has 0 atom stereocenters. The van der Waals surface area contributed by atoms with Crippen molar-refractivity contribution in [3.8, 4) is 0 Å². The first-order valence-corrected chi connectivity index (χ1v) is 4.78. The Morgan fingerprint density at radius 2 is 1.94 bits per heavy atom. The van der Waals surface area contributed by atoms with Gasteiger partial charge >= 0.3 is 12.1 Å². The maximum Gasteiger partial charge on any atom is 0.362 e. The predicted molar refractivity (Wildman–Crippen MR) is 59.2 cm³/mol. The third-order valence-electron chi connectivity index (χ3n) is 1.73. The fourth-order valence-corrected chi connectivity index (χ4v) is 1.09. The monoisotopic (exact) mass is 239 g/mol. The zero-order valence-corrected chi connectivity index (χ0v) is 9.81. The number of nitrogens with zero attached hydrogens (tertiary/aromatic N) is 2. The van der Waals surface area contributed by atoms with Crippen molar-refractivity contribution in [2.75, 3.05) is 0 Å². The SMILES string of the molecule is C=C1C(=O)N(C(N)=O)C(=O)N=C1OC(C)(C)C. The number of aliphatic imine (C=N–C) groups is 1. The molecule has 0 saturated carbocycles. The lowest BCUT2D eigenvalue weighted by molar-refractivity contribution is -0.121. The van der Waals surface area contributed by atoms with E-state index in [4.69, 9.17) is 10.5 Å². The van der Waals surface area contributed by atoms with Crippen LogP contribution in [0.15, 0.2) is 17.1 Å². The average molecular weight is 239 g/mol. The zero-order chi connectivity index (χ0) is 13.4. The van der Waals surface area contributed by atoms with Crippen LogP contribution < -0.4 is 5.73 Å². The molecule has 5 amide bonds. The van der Waals surface area contributed by atoms with E-state index in [1.807, 2.05) is 0 Å². The van der Waals surface area contributed by atoms with Gasteiger partial charge in [-0.05, 0) is 20.8 Å². The molecule has 0 spiro atoms. The van der Waals surface area contributed by atoms with Crippen LogP contribution in [0, 0.1) is 0 Å². The second kappa shape index (κ2) is 4.00. The van der Waals surface area contributed by atoms with Crippen molar-refractivity contribution in [3.63, 3.8) is 0 Å². The number of amides is 5. The third kappa shape index (κ3) is 2.68. The third-order valence-corrected chi connectivity index (χ3v) is 1.73. The minimum absolute atomic E-state index is 0.182. The van der Waals surface area contributed by atoms with E-state index in [0.29, 0.717) is 0 Å². The van der Waals surface area contributed by atoms with Gasteiger partial charge in [0.25, 0.3) is 5.91 Å². The van der Waals surface area contributed by atoms with Gasteiger partial charge in [0.15, 0.2) is 0 Å². The summed E-state index contributed by atoms with van der Waals surface area (Å²) in [6, 6.07) is -2.27. The number of rotatable bonds is 0. The molecule has 0 aliphatic carbocycles. The Morgan fingerprint density at radius 1 is 1.41 bits per heavy atom. The molecule has 0 saturated heterocycles. The topological polar surface area (TPSA) is 102 Å². The molecule has 0 radical (unpaired) electrons. The fourth-order valence-electron chi connectivity index (χ4n) is 1.09. The lowest BCUT2D eigenvalue weighted by Gasteiger charge is -2.26. The maximum absolute atomic E-state index is 11.6. The highest BCUT2D eigenvalue weighted by Crippen LogP contribution is 2.17. The molecule has 0 unspecified atom stereocenters. The van der Waals surface area contributed by atoms with Gasteiger partial charge in [0.2, 0.25) is 5.90 Å². The quantitative estimate of drug-likeness (QED) is 0.631. The van der Waals surface area contributed by atoms with Crippen molar-refractivity contribution in [1.29, 1.82) is 0 Å². The lowest BCUT2D eigenvalue weighted by atomic mass is 10.1. The number of hydrogen-bond acceptors (Lipinski definition) is 4. The Labute approximate surface area is 97.9 Å². The van der Waals surface area contributed by atoms with Gasteiger partial charge in [0.1, 0.15) is 5.60 Å². The summed E-state index contributed by atoms with van der Waals surface area (Å²) in [5.74, 6) is -1.11. The smallest absolute Gasteiger partial charge is 0.362 e. The molecular formula is C10H13N3O4. The summed E-state index contributed by atoms with van der Waals surface area (Å²) < 4.78 is 5.29. The summed E-state index contributed by atoms with van der Waals surface area (Å²) >= 11 is 0. The summed E-state index contributed by atoms with van der Waals surface area (Å²) in [6.07, 6.45) is 0. The van der Waals surface area contributed by atoms with Crippen molar-refractivity contribution >= 4 is 23.9 Å². The van der Waals surface area contributed by atoms with E-state index >= 15 is 0 Å². The summed E-state index contributed by atoms with van der Waals surface area (Å²) in [6.45, 7) is 8.58. The fraction of sp³-hybridized carbons (Fsp3) is 0.400. The van der Waals surface area contributed by atoms with Gasteiger partial charge in [-0.15, -0.1) is 0 Å². The van der Waals surface area contributed by atoms with Crippen molar-refractivity contribution < 1.29 is 19.1 Å². The van der Waals surface area contributed by atoms with Gasteiger partial charge in [-0.3, -0.25) is 4.79 Å². The molecule has 1 rings (SSSR count). The van der Waals surface area contributed by atoms with E-state index in [9.17, 15) is 14.4 Å². The van der Waals surface area contributed by atoms with Gasteiger partial charge in [0.05, 0.1) is 5.57 Å². The van der Waals surface area contributed by atoms with Crippen LogP contribution in [0.25, 0.3) is 0 Å². The van der Waals surface area contributed by atoms with Gasteiger partial charge in [-0.1, -0.05) is 6.58 Å². The van der Waals surface area contributed by atoms with Crippen LogP contribution in [0.4, 0.5) is 9.59 Å². The molecule has 0 aromatic heterocycles. The van der Waals surface area contributed by atoms with Crippen molar-refractivity contribution in [2.45, 2.75) is 26.4 Å². The molecule has 7 nitrogen and oxygen atoms in total. The van der Waals surface area contributed by atoms with Gasteiger partial charge in [0, 0.05) is 0 Å². The van der Waals surface area contributed by atoms with Crippen molar-refractivity contribution in [3.05, 3.63) is 12.2 Å². The van der Waals surface area contributed by atoms with Crippen LogP contribution in [0.2, 0.25) is 0 Å². The van der Waals surface area contributed by atoms with Crippen LogP contribution in [-0.2, 0) is 9.53 Å². The van der Waals surface area contributed by atoms with Crippen LogP contribution in [-0.4, -0.2) is 34.4 Å². The van der Waals surface area contributed by atoms with Gasteiger partial charge in [-0.2, -0.15) is 9.89 Å². The Bertz CT molecular complexity index is 445. The van der Waals surface area contributed by atoms with E-state index in [0.717, 1.165) is 0 Å². The van der Waals surface area contributed by atoms with E-state index in [1.165, 1.54) is 0 Å². The molecule has 7 heteroatoms. The first-order chi connectivity index (χ1) is 7.63. The molecule has 0 fully saturated rings. The summed E-state index contributed by atoms with van der Waals surface area (Å²) in [7, 11) is 0. The Balaban J connectivity index is 3.09. The average Bonchev–Trinajstić information content (AvgIpc) is 2.10. The lowest BCUT2D eigenvalue weighted by Crippen LogP contribution is -2.49. The molecule has 1 aliphatic rings. The van der Waals surface area contributed by atoms with Crippen LogP contribution >= 0.6 is 0 Å². The molecule has 1 heterocycles. The number of ether oxygens (including phenoxy) is 1. The minimum Gasteiger partial charge on any atom is -0.471 e. The van der Waals surface area contributed by atoms with E-state index in [2.05, 4.69) is 11.6 Å². The van der Waals surface area contributed by atoms with Crippen molar-refractivity contribution in [1.82, 2.24) is 4.90 Å². The largest absolute Gasteiger partial charge is 0.471 e. The molecule has 0 aromatic carbocycles. The van der Waals surface area contributed by atoms with E-state index in [-0.39, 0.29) is 16.4 Å². The van der Waals surface area contributed by atoms with Crippen molar-refractivity contribution in [2.24, 2.45) is 10.7 Å². The van der Waals surface area contributed by atoms with Gasteiger partial charge in [-0.25, -0.2) is 9.59 Å². The van der Waals surface area contributed by atoms with Crippen LogP contribution in [0.5, 0.6) is 0 Å². The molecule has 2 N–H and O–H groups in total. The normalized spacial score (nSPS) is 17.0. The van der Waals surface area contributed by atoms with Crippen LogP contribution in [0.1, 0.15) is 20.8 Å². The van der Waals surface area contributed by atoms with E-state index < -0.39 is 23.6 Å². The molecule has 0 aromatic rings. The zero-order valence-electron chi connectivity index (χ0n) is 9.81. The Morgan fingerprint density at radius 3 is 2.35 bits per heavy atom. The summed E-state index contributed by atoms with van der Waals surface area (Å²) in [4.78, 5) is 37.5. The molecule has 0 bridgehead atoms. The highest BCUT2D eigenvalue weighted by molar-refractivity contribution is 6.31. The summed E-state index contributed by atoms with van der Waals surface area (Å²) in [5.41, 5.74) is 4.05.